The van der Waals surface area contributed by atoms with Gasteiger partial charge in [0.05, 0.1) is 18.7 Å². The minimum Gasteiger partial charge on any atom is -0.492 e. The van der Waals surface area contributed by atoms with Crippen LogP contribution in [0.15, 0.2) is 36.7 Å². The predicted molar refractivity (Wildman–Crippen MR) is 74.9 cm³/mol. The molecule has 0 saturated heterocycles. The van der Waals surface area contributed by atoms with Gasteiger partial charge in [0.25, 0.3) is 0 Å². The summed E-state index contributed by atoms with van der Waals surface area (Å²) >= 11 is 0. The molecule has 1 aromatic heterocycles. The number of ether oxygens (including phenoxy) is 2. The first-order chi connectivity index (χ1) is 9.70. The molecule has 0 aliphatic heterocycles. The first-order valence-corrected chi connectivity index (χ1v) is 6.58. The number of aryl methyl sites for hydroxylation is 1. The summed E-state index contributed by atoms with van der Waals surface area (Å²) < 4.78 is 12.6. The Kier molecular flexibility index (Phi) is 4.76. The molecule has 1 aromatic carbocycles. The van der Waals surface area contributed by atoms with Crippen LogP contribution < -0.4 is 4.74 Å². The fourth-order valence-corrected chi connectivity index (χ4v) is 1.80. The molecule has 0 atom stereocenters. The van der Waals surface area contributed by atoms with Crippen molar-refractivity contribution in [3.8, 4) is 5.75 Å². The van der Waals surface area contributed by atoms with Gasteiger partial charge in [-0.2, -0.15) is 0 Å². The number of imidazole rings is 1. The summed E-state index contributed by atoms with van der Waals surface area (Å²) in [5.41, 5.74) is 0.532. The van der Waals surface area contributed by atoms with Crippen LogP contribution in [0.4, 0.5) is 0 Å². The molecule has 5 heteroatoms. The van der Waals surface area contributed by atoms with E-state index in [9.17, 15) is 4.79 Å². The van der Waals surface area contributed by atoms with Crippen LogP contribution in [0.1, 0.15) is 23.1 Å². The Hall–Kier alpha value is -2.30. The van der Waals surface area contributed by atoms with Crippen LogP contribution in [0.2, 0.25) is 0 Å². The van der Waals surface area contributed by atoms with Crippen molar-refractivity contribution in [1.29, 1.82) is 0 Å². The molecule has 5 nitrogen and oxygen atoms in total. The highest BCUT2D eigenvalue weighted by atomic mass is 16.5. The van der Waals surface area contributed by atoms with Crippen LogP contribution in [-0.2, 0) is 11.3 Å². The van der Waals surface area contributed by atoms with Crippen molar-refractivity contribution in [2.45, 2.75) is 20.4 Å². The number of aromatic nitrogens is 2. The molecule has 0 aliphatic rings. The SMILES string of the molecule is CCOC(=O)c1ccc(OCCn2ccnc2C)cc1. The minimum atomic E-state index is -0.312. The number of benzene rings is 1. The maximum atomic E-state index is 11.5. The summed E-state index contributed by atoms with van der Waals surface area (Å²) in [5, 5.41) is 0. The fraction of sp³-hybridized carbons (Fsp3) is 0.333. The van der Waals surface area contributed by atoms with Gasteiger partial charge in [0.1, 0.15) is 18.2 Å². The summed E-state index contributed by atoms with van der Waals surface area (Å²) in [4.78, 5) is 15.6. The van der Waals surface area contributed by atoms with Gasteiger partial charge in [0.2, 0.25) is 0 Å². The molecule has 1 heterocycles. The van der Waals surface area contributed by atoms with Crippen LogP contribution >= 0.6 is 0 Å². The highest BCUT2D eigenvalue weighted by Gasteiger charge is 2.05. The smallest absolute Gasteiger partial charge is 0.338 e. The van der Waals surface area contributed by atoms with Gasteiger partial charge < -0.3 is 14.0 Å². The zero-order chi connectivity index (χ0) is 14.4. The molecule has 0 aliphatic carbocycles. The standard InChI is InChI=1S/C15H18N2O3/c1-3-19-15(18)13-4-6-14(7-5-13)20-11-10-17-9-8-16-12(17)2/h4-9H,3,10-11H2,1-2H3. The predicted octanol–water partition coefficient (Wildman–Crippen LogP) is 2.45. The minimum absolute atomic E-state index is 0.312. The molecule has 0 spiro atoms. The molecule has 2 aromatic rings. The summed E-state index contributed by atoms with van der Waals surface area (Å²) in [6.07, 6.45) is 3.69. The van der Waals surface area contributed by atoms with Crippen LogP contribution in [0.5, 0.6) is 5.75 Å². The van der Waals surface area contributed by atoms with Gasteiger partial charge in [0.15, 0.2) is 0 Å². The Morgan fingerprint density at radius 2 is 2.05 bits per heavy atom. The van der Waals surface area contributed by atoms with Crippen LogP contribution in [0.3, 0.4) is 0 Å². The van der Waals surface area contributed by atoms with Crippen LogP contribution in [0, 0.1) is 6.92 Å². The molecule has 0 radical (unpaired) electrons. The van der Waals surface area contributed by atoms with Gasteiger partial charge in [-0.05, 0) is 38.1 Å². The molecule has 20 heavy (non-hydrogen) atoms. The van der Waals surface area contributed by atoms with Gasteiger partial charge in [-0.15, -0.1) is 0 Å². The van der Waals surface area contributed by atoms with Crippen LogP contribution in [-0.4, -0.2) is 28.7 Å². The molecule has 0 unspecified atom stereocenters. The molecule has 0 saturated carbocycles. The van der Waals surface area contributed by atoms with E-state index in [1.807, 2.05) is 17.7 Å². The van der Waals surface area contributed by atoms with Gasteiger partial charge in [0, 0.05) is 12.4 Å². The number of hydrogen-bond donors (Lipinski definition) is 0. The highest BCUT2D eigenvalue weighted by molar-refractivity contribution is 5.89. The second kappa shape index (κ2) is 6.75. The first-order valence-electron chi connectivity index (χ1n) is 6.58. The Bertz CT molecular complexity index is 561. The Labute approximate surface area is 118 Å². The van der Waals surface area contributed by atoms with Gasteiger partial charge in [-0.1, -0.05) is 0 Å². The lowest BCUT2D eigenvalue weighted by atomic mass is 10.2. The molecule has 0 amide bonds. The maximum Gasteiger partial charge on any atom is 0.338 e. The van der Waals surface area contributed by atoms with E-state index < -0.39 is 0 Å². The largest absolute Gasteiger partial charge is 0.492 e. The van der Waals surface area contributed by atoms with Crippen molar-refractivity contribution in [2.75, 3.05) is 13.2 Å². The molecule has 2 rings (SSSR count). The second-order valence-electron chi connectivity index (χ2n) is 4.26. The number of carbonyl (C=O) groups is 1. The van der Waals surface area contributed by atoms with Crippen molar-refractivity contribution < 1.29 is 14.3 Å². The molecular weight excluding hydrogens is 256 g/mol. The summed E-state index contributed by atoms with van der Waals surface area (Å²) in [5.74, 6) is 1.38. The third-order valence-corrected chi connectivity index (χ3v) is 2.89. The summed E-state index contributed by atoms with van der Waals surface area (Å²) in [6.45, 7) is 5.41. The van der Waals surface area contributed by atoms with Gasteiger partial charge >= 0.3 is 5.97 Å². The number of hydrogen-bond acceptors (Lipinski definition) is 4. The second-order valence-corrected chi connectivity index (χ2v) is 4.26. The van der Waals surface area contributed by atoms with Crippen molar-refractivity contribution in [1.82, 2.24) is 9.55 Å². The fourth-order valence-electron chi connectivity index (χ4n) is 1.80. The van der Waals surface area contributed by atoms with Crippen molar-refractivity contribution >= 4 is 5.97 Å². The normalized spacial score (nSPS) is 10.3. The van der Waals surface area contributed by atoms with E-state index in [2.05, 4.69) is 4.98 Å². The maximum absolute atomic E-state index is 11.5. The monoisotopic (exact) mass is 274 g/mol. The Morgan fingerprint density at radius 1 is 1.30 bits per heavy atom. The van der Waals surface area contributed by atoms with E-state index in [-0.39, 0.29) is 5.97 Å². The van der Waals surface area contributed by atoms with E-state index in [0.29, 0.717) is 18.8 Å². The topological polar surface area (TPSA) is 53.4 Å². The van der Waals surface area contributed by atoms with Gasteiger partial charge in [-0.3, -0.25) is 0 Å². The van der Waals surface area contributed by atoms with E-state index in [1.165, 1.54) is 0 Å². The number of nitrogens with zero attached hydrogens (tertiary/aromatic N) is 2. The van der Waals surface area contributed by atoms with Crippen molar-refractivity contribution in [3.05, 3.63) is 48.0 Å². The summed E-state index contributed by atoms with van der Waals surface area (Å²) in [6, 6.07) is 6.95. The zero-order valence-electron chi connectivity index (χ0n) is 11.7. The molecular formula is C15H18N2O3. The Balaban J connectivity index is 1.85. The lowest BCUT2D eigenvalue weighted by Gasteiger charge is -2.08. The van der Waals surface area contributed by atoms with Crippen molar-refractivity contribution in [2.24, 2.45) is 0 Å². The van der Waals surface area contributed by atoms with Crippen molar-refractivity contribution in [3.63, 3.8) is 0 Å². The molecule has 0 N–H and O–H groups in total. The van der Waals surface area contributed by atoms with E-state index in [1.54, 1.807) is 37.4 Å². The molecule has 0 fully saturated rings. The average Bonchev–Trinajstić information content (AvgIpc) is 2.85. The van der Waals surface area contributed by atoms with Gasteiger partial charge in [-0.25, -0.2) is 9.78 Å². The number of esters is 1. The Morgan fingerprint density at radius 3 is 2.65 bits per heavy atom. The lowest BCUT2D eigenvalue weighted by molar-refractivity contribution is 0.0526. The number of carbonyl (C=O) groups excluding carboxylic acids is 1. The lowest BCUT2D eigenvalue weighted by Crippen LogP contribution is -2.09. The average molecular weight is 274 g/mol. The molecule has 106 valence electrons. The van der Waals surface area contributed by atoms with E-state index >= 15 is 0 Å². The zero-order valence-corrected chi connectivity index (χ0v) is 11.7. The highest BCUT2D eigenvalue weighted by Crippen LogP contribution is 2.13. The third-order valence-electron chi connectivity index (χ3n) is 2.89. The van der Waals surface area contributed by atoms with E-state index in [0.717, 1.165) is 18.1 Å². The summed E-state index contributed by atoms with van der Waals surface area (Å²) in [7, 11) is 0. The van der Waals surface area contributed by atoms with Crippen LogP contribution in [0.25, 0.3) is 0 Å². The number of rotatable bonds is 6. The van der Waals surface area contributed by atoms with E-state index in [4.69, 9.17) is 9.47 Å². The third kappa shape index (κ3) is 3.60. The first kappa shape index (κ1) is 14.1. The quantitative estimate of drug-likeness (QED) is 0.759. The molecule has 0 bridgehead atoms.